The van der Waals surface area contributed by atoms with Gasteiger partial charge in [0.25, 0.3) is 0 Å². The van der Waals surface area contributed by atoms with E-state index in [4.69, 9.17) is 4.74 Å². The molecule has 0 rings (SSSR count). The largest absolute Gasteiger partial charge is 0.455 e. The van der Waals surface area contributed by atoms with Crippen molar-refractivity contribution in [3.63, 3.8) is 0 Å². The van der Waals surface area contributed by atoms with Crippen LogP contribution in [0.15, 0.2) is 12.7 Å². The normalized spacial score (nSPS) is 15.5. The first kappa shape index (κ1) is 14.2. The van der Waals surface area contributed by atoms with Gasteiger partial charge in [-0.25, -0.2) is 0 Å². The van der Waals surface area contributed by atoms with E-state index >= 15 is 0 Å². The van der Waals surface area contributed by atoms with E-state index < -0.39 is 11.2 Å². The summed E-state index contributed by atoms with van der Waals surface area (Å²) in [6.45, 7) is 10.4. The van der Waals surface area contributed by atoms with Crippen LogP contribution >= 0.6 is 0 Å². The lowest BCUT2D eigenvalue weighted by Gasteiger charge is -2.26. The van der Waals surface area contributed by atoms with Gasteiger partial charge < -0.3 is 9.84 Å². The molecule has 0 unspecified atom stereocenters. The van der Waals surface area contributed by atoms with Crippen LogP contribution in [0.1, 0.15) is 47.0 Å². The lowest BCUT2D eigenvalue weighted by Crippen LogP contribution is -2.29. The summed E-state index contributed by atoms with van der Waals surface area (Å²) in [5.74, 6) is -0.305. The third-order valence-corrected chi connectivity index (χ3v) is 2.27. The second-order valence-electron chi connectivity index (χ2n) is 4.78. The molecule has 1 atom stereocenters. The van der Waals surface area contributed by atoms with E-state index in [0.717, 1.165) is 6.42 Å². The number of carbonyl (C=O) groups is 1. The molecule has 0 bridgehead atoms. The summed E-state index contributed by atoms with van der Waals surface area (Å²) < 4.78 is 5.16. The highest BCUT2D eigenvalue weighted by Crippen LogP contribution is 2.23. The first-order chi connectivity index (χ1) is 6.68. The Morgan fingerprint density at radius 1 is 1.40 bits per heavy atom. The van der Waals surface area contributed by atoms with Gasteiger partial charge in [-0.3, -0.25) is 4.79 Å². The van der Waals surface area contributed by atoms with Crippen LogP contribution in [0.2, 0.25) is 0 Å². The van der Waals surface area contributed by atoms with Crippen LogP contribution in [0.4, 0.5) is 0 Å². The molecule has 0 amide bonds. The Morgan fingerprint density at radius 3 is 2.27 bits per heavy atom. The summed E-state index contributed by atoms with van der Waals surface area (Å²) in [6, 6.07) is 0. The maximum Gasteiger partial charge on any atom is 0.303 e. The second kappa shape index (κ2) is 5.31. The van der Waals surface area contributed by atoms with Crippen molar-refractivity contribution in [2.45, 2.75) is 58.2 Å². The molecule has 0 spiro atoms. The van der Waals surface area contributed by atoms with Gasteiger partial charge in [0.05, 0.1) is 5.60 Å². The lowest BCUT2D eigenvalue weighted by atomic mass is 9.94. The minimum Gasteiger partial charge on any atom is -0.455 e. The summed E-state index contributed by atoms with van der Waals surface area (Å²) >= 11 is 0. The summed E-state index contributed by atoms with van der Waals surface area (Å²) in [5, 5.41) is 9.54. The zero-order valence-electron chi connectivity index (χ0n) is 10.2. The molecule has 0 aromatic rings. The third-order valence-electron chi connectivity index (χ3n) is 2.27. The van der Waals surface area contributed by atoms with Crippen LogP contribution in [-0.4, -0.2) is 22.3 Å². The fourth-order valence-corrected chi connectivity index (χ4v) is 1.40. The van der Waals surface area contributed by atoms with Crippen molar-refractivity contribution in [2.24, 2.45) is 0 Å². The molecule has 0 saturated carbocycles. The molecule has 0 heterocycles. The highest BCUT2D eigenvalue weighted by atomic mass is 16.6. The van der Waals surface area contributed by atoms with Gasteiger partial charge in [0.2, 0.25) is 0 Å². The van der Waals surface area contributed by atoms with Crippen LogP contribution < -0.4 is 0 Å². The Labute approximate surface area is 92.1 Å². The van der Waals surface area contributed by atoms with Crippen molar-refractivity contribution >= 4 is 5.97 Å². The average Bonchev–Trinajstić information content (AvgIpc) is 2.00. The molecular weight excluding hydrogens is 192 g/mol. The number of aliphatic hydroxyl groups is 1. The number of hydrogen-bond donors (Lipinski definition) is 1. The van der Waals surface area contributed by atoms with Crippen molar-refractivity contribution in [1.29, 1.82) is 0 Å². The molecule has 1 N–H and O–H groups in total. The minimum absolute atomic E-state index is 0.305. The van der Waals surface area contributed by atoms with Gasteiger partial charge in [-0.15, -0.1) is 0 Å². The van der Waals surface area contributed by atoms with E-state index in [1.165, 1.54) is 6.92 Å². The summed E-state index contributed by atoms with van der Waals surface area (Å²) in [7, 11) is 0. The summed E-state index contributed by atoms with van der Waals surface area (Å²) in [4.78, 5) is 10.9. The molecule has 15 heavy (non-hydrogen) atoms. The highest BCUT2D eigenvalue weighted by Gasteiger charge is 2.24. The van der Waals surface area contributed by atoms with Gasteiger partial charge in [-0.1, -0.05) is 6.58 Å². The number of ether oxygens (including phenoxy) is 1. The van der Waals surface area contributed by atoms with E-state index in [1.807, 2.05) is 6.92 Å². The zero-order valence-corrected chi connectivity index (χ0v) is 10.2. The van der Waals surface area contributed by atoms with Gasteiger partial charge in [0.15, 0.2) is 0 Å². The Bertz CT molecular complexity index is 228. The maximum absolute atomic E-state index is 10.9. The third kappa shape index (κ3) is 7.14. The Morgan fingerprint density at radius 2 is 1.93 bits per heavy atom. The van der Waals surface area contributed by atoms with Gasteiger partial charge in [0.1, 0.15) is 5.60 Å². The first-order valence-electron chi connectivity index (χ1n) is 5.24. The fraction of sp³-hybridized carbons (Fsp3) is 0.750. The maximum atomic E-state index is 10.9. The lowest BCUT2D eigenvalue weighted by molar-refractivity contribution is -0.151. The predicted octanol–water partition coefficient (Wildman–Crippen LogP) is 2.44. The second-order valence-corrected chi connectivity index (χ2v) is 4.78. The number of esters is 1. The molecule has 0 aromatic heterocycles. The molecule has 88 valence electrons. The van der Waals surface area contributed by atoms with Crippen LogP contribution in [0.3, 0.4) is 0 Å². The van der Waals surface area contributed by atoms with Crippen molar-refractivity contribution < 1.29 is 14.6 Å². The highest BCUT2D eigenvalue weighted by molar-refractivity contribution is 5.66. The molecule has 0 fully saturated rings. The van der Waals surface area contributed by atoms with Crippen molar-refractivity contribution in [2.75, 3.05) is 0 Å². The minimum atomic E-state index is -0.668. The van der Waals surface area contributed by atoms with Gasteiger partial charge in [0, 0.05) is 6.92 Å². The van der Waals surface area contributed by atoms with Crippen molar-refractivity contribution in [3.05, 3.63) is 12.7 Å². The van der Waals surface area contributed by atoms with Gasteiger partial charge in [-0.05, 0) is 46.1 Å². The van der Waals surface area contributed by atoms with Crippen LogP contribution in [0.25, 0.3) is 0 Å². The Balaban J connectivity index is 4.10. The average molecular weight is 214 g/mol. The van der Waals surface area contributed by atoms with E-state index in [2.05, 4.69) is 6.58 Å². The summed E-state index contributed by atoms with van der Waals surface area (Å²) in [5.41, 5.74) is -1.28. The zero-order chi connectivity index (χ0) is 12.1. The SMILES string of the molecule is C=C[C@@](C)(CCCC(C)(C)O)OC(C)=O. The van der Waals surface area contributed by atoms with Crippen molar-refractivity contribution in [1.82, 2.24) is 0 Å². The monoisotopic (exact) mass is 214 g/mol. The van der Waals surface area contributed by atoms with Gasteiger partial charge >= 0.3 is 5.97 Å². The number of rotatable bonds is 6. The molecule has 0 aliphatic rings. The molecule has 0 saturated heterocycles. The molecule has 0 aromatic carbocycles. The smallest absolute Gasteiger partial charge is 0.303 e. The quantitative estimate of drug-likeness (QED) is 0.545. The predicted molar refractivity (Wildman–Crippen MR) is 60.5 cm³/mol. The molecule has 3 nitrogen and oxygen atoms in total. The molecular formula is C12H22O3. The van der Waals surface area contributed by atoms with E-state index in [1.54, 1.807) is 19.9 Å². The Hall–Kier alpha value is -0.830. The van der Waals surface area contributed by atoms with Crippen LogP contribution in [-0.2, 0) is 9.53 Å². The Kier molecular flexibility index (Phi) is 5.01. The van der Waals surface area contributed by atoms with E-state index in [-0.39, 0.29) is 5.97 Å². The number of carbonyl (C=O) groups excluding carboxylic acids is 1. The number of hydrogen-bond acceptors (Lipinski definition) is 3. The molecule has 0 radical (unpaired) electrons. The van der Waals surface area contributed by atoms with E-state index in [9.17, 15) is 9.90 Å². The summed E-state index contributed by atoms with van der Waals surface area (Å²) in [6.07, 6.45) is 3.79. The molecule has 0 aliphatic heterocycles. The standard InChI is InChI=1S/C12H22O3/c1-6-12(5,15-10(2)13)9-7-8-11(3,4)14/h6,14H,1,7-9H2,2-5H3/t12-/m0/s1. The van der Waals surface area contributed by atoms with Gasteiger partial charge in [-0.2, -0.15) is 0 Å². The van der Waals surface area contributed by atoms with E-state index in [0.29, 0.717) is 12.8 Å². The topological polar surface area (TPSA) is 46.5 Å². The molecule has 0 aliphatic carbocycles. The first-order valence-corrected chi connectivity index (χ1v) is 5.24. The fourth-order valence-electron chi connectivity index (χ4n) is 1.40. The van der Waals surface area contributed by atoms with Crippen LogP contribution in [0.5, 0.6) is 0 Å². The van der Waals surface area contributed by atoms with Crippen LogP contribution in [0, 0.1) is 0 Å². The molecule has 3 heteroatoms. The van der Waals surface area contributed by atoms with Crippen molar-refractivity contribution in [3.8, 4) is 0 Å².